The molecule has 0 aliphatic carbocycles. The van der Waals surface area contributed by atoms with Crippen LogP contribution in [0.1, 0.15) is 29.3 Å². The average Bonchev–Trinajstić information content (AvgIpc) is 3.06. The highest BCUT2D eigenvalue weighted by Crippen LogP contribution is 2.40. The van der Waals surface area contributed by atoms with E-state index in [1.54, 1.807) is 24.3 Å². The van der Waals surface area contributed by atoms with Gasteiger partial charge in [-0.15, -0.1) is 0 Å². The van der Waals surface area contributed by atoms with Gasteiger partial charge < -0.3 is 9.84 Å². The van der Waals surface area contributed by atoms with Gasteiger partial charge in [0, 0.05) is 19.6 Å². The second-order valence-corrected chi connectivity index (χ2v) is 7.81. The number of benzene rings is 1. The molecule has 0 aromatic heterocycles. The number of carbonyl (C=O) groups excluding carboxylic acids is 3. The standard InChI is InChI=1S/C20H25N3O5/c1-3-21-11-20(12-21)19(27)22(17(25)16-8-15(24)10-23(16)20)9-13-4-6-14(7-5-13)18(26)28-2/h4-7,15-16,24H,3,8-12H2,1-2H3. The van der Waals surface area contributed by atoms with Crippen LogP contribution in [0.15, 0.2) is 24.3 Å². The van der Waals surface area contributed by atoms with Gasteiger partial charge in [-0.05, 0) is 30.7 Å². The number of nitrogens with zero attached hydrogens (tertiary/aromatic N) is 3. The van der Waals surface area contributed by atoms with Gasteiger partial charge >= 0.3 is 5.97 Å². The number of β-amino-alcohol motifs (C(OH)–C–C–N with tert-alkyl or cyclic N) is 1. The lowest BCUT2D eigenvalue weighted by molar-refractivity contribution is -0.180. The first-order valence-corrected chi connectivity index (χ1v) is 9.60. The number of hydrogen-bond acceptors (Lipinski definition) is 7. The van der Waals surface area contributed by atoms with Crippen LogP contribution in [0.3, 0.4) is 0 Å². The summed E-state index contributed by atoms with van der Waals surface area (Å²) in [4.78, 5) is 43.4. The van der Waals surface area contributed by atoms with Gasteiger partial charge in [0.15, 0.2) is 0 Å². The van der Waals surface area contributed by atoms with Crippen LogP contribution in [0.5, 0.6) is 0 Å². The molecule has 1 N–H and O–H groups in total. The second kappa shape index (κ2) is 6.95. The molecule has 1 spiro atoms. The largest absolute Gasteiger partial charge is 0.465 e. The first-order chi connectivity index (χ1) is 13.4. The van der Waals surface area contributed by atoms with Crippen molar-refractivity contribution in [2.24, 2.45) is 0 Å². The van der Waals surface area contributed by atoms with Crippen LogP contribution in [0.25, 0.3) is 0 Å². The average molecular weight is 387 g/mol. The molecule has 0 saturated carbocycles. The fraction of sp³-hybridized carbons (Fsp3) is 0.550. The molecule has 3 heterocycles. The Morgan fingerprint density at radius 3 is 2.54 bits per heavy atom. The Balaban J connectivity index is 1.59. The third-order valence-electron chi connectivity index (χ3n) is 6.16. The van der Waals surface area contributed by atoms with Crippen LogP contribution >= 0.6 is 0 Å². The number of carbonyl (C=O) groups is 3. The van der Waals surface area contributed by atoms with Gasteiger partial charge in [-0.3, -0.25) is 24.3 Å². The van der Waals surface area contributed by atoms with E-state index in [1.807, 2.05) is 11.8 Å². The van der Waals surface area contributed by atoms with Crippen LogP contribution in [-0.4, -0.2) is 88.6 Å². The van der Waals surface area contributed by atoms with E-state index >= 15 is 0 Å². The maximum atomic E-state index is 13.4. The number of aliphatic hydroxyl groups is 1. The highest BCUT2D eigenvalue weighted by Gasteiger charge is 2.63. The maximum Gasteiger partial charge on any atom is 0.337 e. The summed E-state index contributed by atoms with van der Waals surface area (Å²) in [7, 11) is 1.32. The van der Waals surface area contributed by atoms with Gasteiger partial charge in [0.2, 0.25) is 5.91 Å². The van der Waals surface area contributed by atoms with Crippen LogP contribution in [0.2, 0.25) is 0 Å². The first-order valence-electron chi connectivity index (χ1n) is 9.60. The Hall–Kier alpha value is -2.29. The minimum atomic E-state index is -0.724. The Morgan fingerprint density at radius 1 is 1.25 bits per heavy atom. The van der Waals surface area contributed by atoms with E-state index in [-0.39, 0.29) is 18.4 Å². The summed E-state index contributed by atoms with van der Waals surface area (Å²) in [6.45, 7) is 4.57. The lowest BCUT2D eigenvalue weighted by Gasteiger charge is -2.58. The van der Waals surface area contributed by atoms with E-state index in [0.717, 1.165) is 12.1 Å². The van der Waals surface area contributed by atoms with Gasteiger partial charge in [-0.2, -0.15) is 0 Å². The quantitative estimate of drug-likeness (QED) is 0.568. The van der Waals surface area contributed by atoms with Crippen molar-refractivity contribution in [3.8, 4) is 0 Å². The number of methoxy groups -OCH3 is 1. The lowest BCUT2D eigenvalue weighted by atomic mass is 9.82. The van der Waals surface area contributed by atoms with Crippen molar-refractivity contribution >= 4 is 17.8 Å². The number of likely N-dealkylation sites (tertiary alicyclic amines) is 1. The summed E-state index contributed by atoms with van der Waals surface area (Å²) >= 11 is 0. The zero-order chi connectivity index (χ0) is 20.1. The molecule has 2 unspecified atom stereocenters. The molecule has 3 aliphatic heterocycles. The highest BCUT2D eigenvalue weighted by atomic mass is 16.5. The Bertz CT molecular complexity index is 803. The lowest BCUT2D eigenvalue weighted by Crippen LogP contribution is -2.81. The molecule has 8 nitrogen and oxygen atoms in total. The predicted octanol–water partition coefficient (Wildman–Crippen LogP) is -0.148. The summed E-state index contributed by atoms with van der Waals surface area (Å²) in [6, 6.07) is 6.26. The molecule has 4 rings (SSSR count). The molecule has 3 saturated heterocycles. The van der Waals surface area contributed by atoms with Crippen molar-refractivity contribution in [2.75, 3.05) is 33.3 Å². The number of likely N-dealkylation sites (N-methyl/N-ethyl adjacent to an activating group) is 1. The van der Waals surface area contributed by atoms with Gasteiger partial charge in [0.25, 0.3) is 5.91 Å². The topological polar surface area (TPSA) is 90.4 Å². The summed E-state index contributed by atoms with van der Waals surface area (Å²) in [5, 5.41) is 10.1. The molecule has 28 heavy (non-hydrogen) atoms. The fourth-order valence-electron chi connectivity index (χ4n) is 4.61. The smallest absolute Gasteiger partial charge is 0.337 e. The van der Waals surface area contributed by atoms with Crippen LogP contribution in [-0.2, 0) is 20.9 Å². The van der Waals surface area contributed by atoms with Crippen LogP contribution < -0.4 is 0 Å². The van der Waals surface area contributed by atoms with E-state index in [1.165, 1.54) is 12.0 Å². The molecule has 1 aromatic carbocycles. The van der Waals surface area contributed by atoms with Gasteiger partial charge in [0.1, 0.15) is 5.54 Å². The van der Waals surface area contributed by atoms with Crippen LogP contribution in [0, 0.1) is 0 Å². The number of hydrogen-bond donors (Lipinski definition) is 1. The Kier molecular flexibility index (Phi) is 4.73. The number of piperazine rings is 1. The summed E-state index contributed by atoms with van der Waals surface area (Å²) in [6.07, 6.45) is -0.230. The molecule has 1 aromatic rings. The zero-order valence-electron chi connectivity index (χ0n) is 16.1. The predicted molar refractivity (Wildman–Crippen MR) is 99.3 cm³/mol. The minimum absolute atomic E-state index is 0.160. The third kappa shape index (κ3) is 2.83. The molecule has 2 amide bonds. The van der Waals surface area contributed by atoms with E-state index in [9.17, 15) is 19.5 Å². The fourth-order valence-corrected chi connectivity index (χ4v) is 4.61. The molecular formula is C20H25N3O5. The van der Waals surface area contributed by atoms with Crippen molar-refractivity contribution in [2.45, 2.75) is 37.6 Å². The van der Waals surface area contributed by atoms with Crippen molar-refractivity contribution in [1.82, 2.24) is 14.7 Å². The zero-order valence-corrected chi connectivity index (χ0v) is 16.1. The monoisotopic (exact) mass is 387 g/mol. The minimum Gasteiger partial charge on any atom is -0.465 e. The molecule has 8 heteroatoms. The summed E-state index contributed by atoms with van der Waals surface area (Å²) in [5.74, 6) is -0.871. The van der Waals surface area contributed by atoms with Crippen molar-refractivity contribution in [3.05, 3.63) is 35.4 Å². The Morgan fingerprint density at radius 2 is 1.93 bits per heavy atom. The van der Waals surface area contributed by atoms with Crippen molar-refractivity contribution in [3.63, 3.8) is 0 Å². The third-order valence-corrected chi connectivity index (χ3v) is 6.16. The highest BCUT2D eigenvalue weighted by molar-refractivity contribution is 6.06. The molecule has 0 bridgehead atoms. The summed E-state index contributed by atoms with van der Waals surface area (Å²) < 4.78 is 4.70. The number of fused-ring (bicyclic) bond motifs is 2. The molecule has 0 radical (unpaired) electrons. The first kappa shape index (κ1) is 19.0. The maximum absolute atomic E-state index is 13.4. The molecule has 3 fully saturated rings. The number of imide groups is 1. The van der Waals surface area contributed by atoms with E-state index in [4.69, 9.17) is 4.74 Å². The number of amides is 2. The SMILES string of the molecule is CCN1CC2(C1)C(=O)N(Cc1ccc(C(=O)OC)cc1)C(=O)C1CC(O)CN12. The van der Waals surface area contributed by atoms with Gasteiger partial charge in [-0.25, -0.2) is 4.79 Å². The molecule has 2 atom stereocenters. The molecular weight excluding hydrogens is 362 g/mol. The normalized spacial score (nSPS) is 27.0. The van der Waals surface area contributed by atoms with E-state index in [2.05, 4.69) is 4.90 Å². The van der Waals surface area contributed by atoms with Gasteiger partial charge in [-0.1, -0.05) is 19.1 Å². The van der Waals surface area contributed by atoms with Gasteiger partial charge in [0.05, 0.1) is 31.4 Å². The number of ether oxygens (including phenoxy) is 1. The molecule has 150 valence electrons. The van der Waals surface area contributed by atoms with Crippen LogP contribution in [0.4, 0.5) is 0 Å². The van der Waals surface area contributed by atoms with Crippen molar-refractivity contribution in [1.29, 1.82) is 0 Å². The summed E-state index contributed by atoms with van der Waals surface area (Å²) in [5.41, 5.74) is 0.461. The number of rotatable bonds is 4. The molecule has 3 aliphatic rings. The second-order valence-electron chi connectivity index (χ2n) is 7.81. The number of aliphatic hydroxyl groups excluding tert-OH is 1. The van der Waals surface area contributed by atoms with E-state index < -0.39 is 23.7 Å². The number of esters is 1. The van der Waals surface area contributed by atoms with E-state index in [0.29, 0.717) is 31.6 Å². The Labute approximate surface area is 163 Å². The van der Waals surface area contributed by atoms with Crippen molar-refractivity contribution < 1.29 is 24.2 Å².